The largest absolute Gasteiger partial charge is 0.478 e. The molecule has 5 nitrogen and oxygen atoms in total. The highest BCUT2D eigenvalue weighted by Gasteiger charge is 2.08. The first-order valence-corrected chi connectivity index (χ1v) is 5.98. The van der Waals surface area contributed by atoms with E-state index in [9.17, 15) is 4.79 Å². The highest BCUT2D eigenvalue weighted by atomic mass is 16.4. The van der Waals surface area contributed by atoms with Crippen LogP contribution in [0.5, 0.6) is 0 Å². The van der Waals surface area contributed by atoms with Crippen LogP contribution < -0.4 is 11.1 Å². The van der Waals surface area contributed by atoms with Gasteiger partial charge in [0.15, 0.2) is 0 Å². The van der Waals surface area contributed by atoms with Gasteiger partial charge in [0.05, 0.1) is 5.56 Å². The summed E-state index contributed by atoms with van der Waals surface area (Å²) >= 11 is 0. The minimum Gasteiger partial charge on any atom is -0.478 e. The van der Waals surface area contributed by atoms with Crippen LogP contribution in [0.2, 0.25) is 0 Å². The molecule has 0 aliphatic rings. The fourth-order valence-corrected chi connectivity index (χ4v) is 1.50. The number of nitrogens with one attached hydrogen (secondary N) is 1. The van der Waals surface area contributed by atoms with Crippen LogP contribution in [0.25, 0.3) is 0 Å². The van der Waals surface area contributed by atoms with Gasteiger partial charge in [-0.1, -0.05) is 0 Å². The highest BCUT2D eigenvalue weighted by Crippen LogP contribution is 2.17. The van der Waals surface area contributed by atoms with E-state index in [1.54, 1.807) is 12.1 Å². The van der Waals surface area contributed by atoms with E-state index in [2.05, 4.69) is 31.1 Å². The molecule has 0 atom stereocenters. The maximum absolute atomic E-state index is 10.8. The fourth-order valence-electron chi connectivity index (χ4n) is 1.50. The third-order valence-corrected chi connectivity index (χ3v) is 2.96. The van der Waals surface area contributed by atoms with Crippen molar-refractivity contribution in [2.75, 3.05) is 31.2 Å². The van der Waals surface area contributed by atoms with E-state index < -0.39 is 5.97 Å². The molecule has 0 aliphatic carbocycles. The summed E-state index contributed by atoms with van der Waals surface area (Å²) in [4.78, 5) is 13.0. The van der Waals surface area contributed by atoms with E-state index in [1.807, 2.05) is 0 Å². The number of rotatable bonds is 6. The molecule has 0 aliphatic heterocycles. The monoisotopic (exact) mass is 251 g/mol. The van der Waals surface area contributed by atoms with Gasteiger partial charge >= 0.3 is 5.97 Å². The molecule has 0 radical (unpaired) electrons. The minimum absolute atomic E-state index is 0.139. The number of anilines is 2. The lowest BCUT2D eigenvalue weighted by atomic mass is 10.1. The minimum atomic E-state index is -1.00. The summed E-state index contributed by atoms with van der Waals surface area (Å²) in [5, 5.41) is 12.1. The topological polar surface area (TPSA) is 78.6 Å². The Labute approximate surface area is 108 Å². The third-order valence-electron chi connectivity index (χ3n) is 2.96. The van der Waals surface area contributed by atoms with Crippen molar-refractivity contribution in [3.05, 3.63) is 23.8 Å². The molecule has 0 spiro atoms. The predicted octanol–water partition coefficient (Wildman–Crippen LogP) is 1.72. The number of hydrogen-bond donors (Lipinski definition) is 3. The highest BCUT2D eigenvalue weighted by molar-refractivity contribution is 5.94. The molecule has 1 aromatic rings. The van der Waals surface area contributed by atoms with Gasteiger partial charge in [0, 0.05) is 30.5 Å². The molecule has 5 heteroatoms. The van der Waals surface area contributed by atoms with Gasteiger partial charge in [-0.25, -0.2) is 4.79 Å². The molecule has 18 heavy (non-hydrogen) atoms. The van der Waals surface area contributed by atoms with Crippen molar-refractivity contribution in [2.24, 2.45) is 0 Å². The van der Waals surface area contributed by atoms with Gasteiger partial charge in [-0.05, 0) is 39.1 Å². The first-order valence-electron chi connectivity index (χ1n) is 5.98. The maximum atomic E-state index is 10.8. The summed E-state index contributed by atoms with van der Waals surface area (Å²) in [6, 6.07) is 5.41. The van der Waals surface area contributed by atoms with Gasteiger partial charge in [-0.15, -0.1) is 0 Å². The normalized spacial score (nSPS) is 10.9. The molecule has 100 valence electrons. The van der Waals surface area contributed by atoms with Crippen molar-refractivity contribution in [3.63, 3.8) is 0 Å². The quantitative estimate of drug-likeness (QED) is 0.671. The number of nitrogen functional groups attached to an aromatic ring is 1. The number of carboxylic acid groups (broad SMARTS) is 1. The number of carboxylic acids is 1. The Morgan fingerprint density at radius 1 is 1.50 bits per heavy atom. The van der Waals surface area contributed by atoms with Crippen LogP contribution in [0.1, 0.15) is 24.2 Å². The summed E-state index contributed by atoms with van der Waals surface area (Å²) in [5.41, 5.74) is 6.93. The SMILES string of the molecule is CC(C)N(C)CCNc1ccc(C(=O)O)c(N)c1. The lowest BCUT2D eigenvalue weighted by Crippen LogP contribution is -2.31. The molecule has 0 bridgehead atoms. The Kier molecular flexibility index (Phi) is 4.97. The van der Waals surface area contributed by atoms with E-state index in [1.165, 1.54) is 6.07 Å². The lowest BCUT2D eigenvalue weighted by molar-refractivity contribution is 0.0698. The van der Waals surface area contributed by atoms with Crippen LogP contribution in [-0.4, -0.2) is 42.2 Å². The van der Waals surface area contributed by atoms with Gasteiger partial charge in [-0.2, -0.15) is 0 Å². The van der Waals surface area contributed by atoms with Crippen LogP contribution >= 0.6 is 0 Å². The number of aromatic carboxylic acids is 1. The van der Waals surface area contributed by atoms with Crippen molar-refractivity contribution in [2.45, 2.75) is 19.9 Å². The maximum Gasteiger partial charge on any atom is 0.337 e. The van der Waals surface area contributed by atoms with E-state index >= 15 is 0 Å². The van der Waals surface area contributed by atoms with Crippen LogP contribution in [-0.2, 0) is 0 Å². The number of nitrogens with two attached hydrogens (primary N) is 1. The van der Waals surface area contributed by atoms with Crippen molar-refractivity contribution in [1.82, 2.24) is 4.90 Å². The smallest absolute Gasteiger partial charge is 0.337 e. The molecule has 0 saturated carbocycles. The number of carbonyl (C=O) groups is 1. The molecule has 0 amide bonds. The van der Waals surface area contributed by atoms with Crippen LogP contribution in [0.4, 0.5) is 11.4 Å². The zero-order valence-electron chi connectivity index (χ0n) is 11.1. The molecule has 1 rings (SSSR count). The second kappa shape index (κ2) is 6.26. The molecule has 1 aromatic carbocycles. The molecule has 0 heterocycles. The van der Waals surface area contributed by atoms with Gasteiger partial charge in [0.25, 0.3) is 0 Å². The second-order valence-corrected chi connectivity index (χ2v) is 4.61. The lowest BCUT2D eigenvalue weighted by Gasteiger charge is -2.21. The molecule has 0 unspecified atom stereocenters. The Morgan fingerprint density at radius 2 is 2.17 bits per heavy atom. The van der Waals surface area contributed by atoms with Crippen molar-refractivity contribution in [1.29, 1.82) is 0 Å². The zero-order chi connectivity index (χ0) is 13.7. The Bertz CT molecular complexity index is 419. The average Bonchev–Trinajstić information content (AvgIpc) is 2.28. The molecule has 4 N–H and O–H groups in total. The number of benzene rings is 1. The van der Waals surface area contributed by atoms with E-state index in [0.717, 1.165) is 18.8 Å². The average molecular weight is 251 g/mol. The van der Waals surface area contributed by atoms with E-state index in [0.29, 0.717) is 6.04 Å². The number of likely N-dealkylation sites (N-methyl/N-ethyl adjacent to an activating group) is 1. The zero-order valence-corrected chi connectivity index (χ0v) is 11.1. The number of hydrogen-bond acceptors (Lipinski definition) is 4. The summed E-state index contributed by atoms with van der Waals surface area (Å²) in [5.74, 6) is -1.00. The molecule has 0 fully saturated rings. The fraction of sp³-hybridized carbons (Fsp3) is 0.462. The first-order chi connectivity index (χ1) is 8.41. The summed E-state index contributed by atoms with van der Waals surface area (Å²) < 4.78 is 0. The predicted molar refractivity (Wildman–Crippen MR) is 74.1 cm³/mol. The van der Waals surface area contributed by atoms with E-state index in [-0.39, 0.29) is 11.3 Å². The second-order valence-electron chi connectivity index (χ2n) is 4.61. The van der Waals surface area contributed by atoms with Gasteiger partial charge < -0.3 is 21.1 Å². The molecule has 0 saturated heterocycles. The standard InChI is InChI=1S/C13H21N3O2/c1-9(2)16(3)7-6-15-10-4-5-11(13(17)18)12(14)8-10/h4-5,8-9,15H,6-7,14H2,1-3H3,(H,17,18). The van der Waals surface area contributed by atoms with Crippen molar-refractivity contribution in [3.8, 4) is 0 Å². The molecular formula is C13H21N3O2. The van der Waals surface area contributed by atoms with Crippen molar-refractivity contribution < 1.29 is 9.90 Å². The van der Waals surface area contributed by atoms with Gasteiger partial charge in [0.1, 0.15) is 0 Å². The Morgan fingerprint density at radius 3 is 2.67 bits per heavy atom. The Balaban J connectivity index is 2.54. The van der Waals surface area contributed by atoms with Gasteiger partial charge in [-0.3, -0.25) is 0 Å². The summed E-state index contributed by atoms with van der Waals surface area (Å²) in [7, 11) is 2.06. The Hall–Kier alpha value is -1.75. The van der Waals surface area contributed by atoms with Crippen LogP contribution in [0, 0.1) is 0 Å². The van der Waals surface area contributed by atoms with Gasteiger partial charge in [0.2, 0.25) is 0 Å². The van der Waals surface area contributed by atoms with Crippen LogP contribution in [0.15, 0.2) is 18.2 Å². The summed E-state index contributed by atoms with van der Waals surface area (Å²) in [6.45, 7) is 5.98. The third kappa shape index (κ3) is 3.92. The summed E-state index contributed by atoms with van der Waals surface area (Å²) in [6.07, 6.45) is 0. The van der Waals surface area contributed by atoms with E-state index in [4.69, 9.17) is 10.8 Å². The number of nitrogens with zero attached hydrogens (tertiary/aromatic N) is 1. The molecule has 0 aromatic heterocycles. The first kappa shape index (κ1) is 14.3. The van der Waals surface area contributed by atoms with Crippen molar-refractivity contribution >= 4 is 17.3 Å². The molecular weight excluding hydrogens is 230 g/mol. The van der Waals surface area contributed by atoms with Crippen LogP contribution in [0.3, 0.4) is 0 Å².